The molecule has 11 heteroatoms. The molecular weight excluding hydrogens is 546 g/mol. The number of amides is 1. The molecule has 4 aromatic rings. The first-order valence-corrected chi connectivity index (χ1v) is 13.7. The molecule has 0 unspecified atom stereocenters. The summed E-state index contributed by atoms with van der Waals surface area (Å²) < 4.78 is 79.4. The Kier molecular flexibility index (Phi) is 8.70. The van der Waals surface area contributed by atoms with Crippen LogP contribution in [0.3, 0.4) is 0 Å². The molecule has 0 saturated carbocycles. The first-order chi connectivity index (χ1) is 19.0. The monoisotopic (exact) mass is 569 g/mol. The van der Waals surface area contributed by atoms with Gasteiger partial charge in [-0.3, -0.25) is 9.89 Å². The number of aromatic amines is 1. The first-order valence-electron chi connectivity index (χ1n) is 12.1. The largest absolute Gasteiger partial charge is 0.416 e. The fourth-order valence-corrected chi connectivity index (χ4v) is 5.35. The van der Waals surface area contributed by atoms with Gasteiger partial charge in [-0.2, -0.15) is 18.3 Å². The van der Waals surface area contributed by atoms with Crippen LogP contribution in [-0.4, -0.2) is 31.1 Å². The standard InChI is InChI=1S/C29H23F4N3O3S/c30-26-11-7-20(8-12-26)6-9-23-16-24(28(37)34-14-2-4-22-17-35-36-18-22)10-13-27(23)40(38,39)19-21-3-1-5-25(15-21)29(31,32)33/h1,3,5,7-8,10-13,15-18H,2,4,14,19H2,(H,34,37)(H,35,36). The number of sulfone groups is 1. The van der Waals surface area contributed by atoms with Gasteiger partial charge in [-0.25, -0.2) is 12.8 Å². The lowest BCUT2D eigenvalue weighted by Gasteiger charge is -2.12. The topological polar surface area (TPSA) is 91.9 Å². The van der Waals surface area contributed by atoms with Crippen LogP contribution in [0.1, 0.15) is 44.6 Å². The molecule has 0 radical (unpaired) electrons. The Morgan fingerprint density at radius 1 is 0.975 bits per heavy atom. The van der Waals surface area contributed by atoms with Crippen molar-refractivity contribution in [2.75, 3.05) is 6.54 Å². The summed E-state index contributed by atoms with van der Waals surface area (Å²) in [5.41, 5.74) is 0.523. The number of rotatable bonds is 8. The molecule has 206 valence electrons. The van der Waals surface area contributed by atoms with Crippen LogP contribution in [0.4, 0.5) is 17.6 Å². The van der Waals surface area contributed by atoms with Gasteiger partial charge in [-0.1, -0.05) is 30.0 Å². The minimum atomic E-state index is -4.63. The van der Waals surface area contributed by atoms with Crippen LogP contribution < -0.4 is 5.32 Å². The van der Waals surface area contributed by atoms with Crippen molar-refractivity contribution in [2.24, 2.45) is 0 Å². The van der Waals surface area contributed by atoms with Crippen molar-refractivity contribution in [1.82, 2.24) is 15.5 Å². The van der Waals surface area contributed by atoms with E-state index in [1.807, 2.05) is 0 Å². The maximum atomic E-state index is 13.3. The molecule has 0 bridgehead atoms. The van der Waals surface area contributed by atoms with Crippen molar-refractivity contribution >= 4 is 15.7 Å². The second kappa shape index (κ2) is 12.2. The molecule has 0 aliphatic heterocycles. The summed E-state index contributed by atoms with van der Waals surface area (Å²) in [4.78, 5) is 12.5. The van der Waals surface area contributed by atoms with Gasteiger partial charge < -0.3 is 5.32 Å². The zero-order chi connectivity index (χ0) is 28.8. The lowest BCUT2D eigenvalue weighted by molar-refractivity contribution is -0.137. The van der Waals surface area contributed by atoms with Gasteiger partial charge in [0, 0.05) is 29.4 Å². The van der Waals surface area contributed by atoms with E-state index in [-0.39, 0.29) is 21.6 Å². The fourth-order valence-electron chi connectivity index (χ4n) is 3.86. The van der Waals surface area contributed by atoms with Crippen molar-refractivity contribution in [1.29, 1.82) is 0 Å². The van der Waals surface area contributed by atoms with Gasteiger partial charge in [0.25, 0.3) is 5.91 Å². The lowest BCUT2D eigenvalue weighted by Crippen LogP contribution is -2.25. The van der Waals surface area contributed by atoms with Crippen LogP contribution in [0.2, 0.25) is 0 Å². The molecule has 6 nitrogen and oxygen atoms in total. The van der Waals surface area contributed by atoms with Crippen molar-refractivity contribution in [2.45, 2.75) is 29.7 Å². The molecule has 1 aromatic heterocycles. The Labute approximate surface area is 228 Å². The molecule has 1 heterocycles. The van der Waals surface area contributed by atoms with Crippen LogP contribution in [0.5, 0.6) is 0 Å². The van der Waals surface area contributed by atoms with E-state index < -0.39 is 39.1 Å². The first kappa shape index (κ1) is 28.6. The van der Waals surface area contributed by atoms with Crippen LogP contribution in [0.15, 0.2) is 84.0 Å². The summed E-state index contributed by atoms with van der Waals surface area (Å²) >= 11 is 0. The Balaban J connectivity index is 1.61. The van der Waals surface area contributed by atoms with E-state index in [0.717, 1.165) is 23.8 Å². The summed E-state index contributed by atoms with van der Waals surface area (Å²) in [6.45, 7) is 0.357. The number of alkyl halides is 3. The summed E-state index contributed by atoms with van der Waals surface area (Å²) in [5, 5.41) is 9.35. The van der Waals surface area contributed by atoms with Crippen molar-refractivity contribution in [3.63, 3.8) is 0 Å². The molecule has 1 amide bonds. The molecule has 0 aliphatic rings. The molecule has 3 aromatic carbocycles. The summed E-state index contributed by atoms with van der Waals surface area (Å²) in [6.07, 6.45) is 0.155. The number of aromatic nitrogens is 2. The van der Waals surface area contributed by atoms with E-state index in [9.17, 15) is 30.8 Å². The van der Waals surface area contributed by atoms with E-state index >= 15 is 0 Å². The Morgan fingerprint density at radius 2 is 1.75 bits per heavy atom. The number of aryl methyl sites for hydroxylation is 1. The zero-order valence-electron chi connectivity index (χ0n) is 20.9. The minimum Gasteiger partial charge on any atom is -0.352 e. The lowest BCUT2D eigenvalue weighted by atomic mass is 10.1. The molecule has 0 saturated heterocycles. The van der Waals surface area contributed by atoms with E-state index in [1.165, 1.54) is 48.5 Å². The molecule has 4 rings (SSSR count). The summed E-state index contributed by atoms with van der Waals surface area (Å²) in [7, 11) is -4.18. The molecule has 40 heavy (non-hydrogen) atoms. The summed E-state index contributed by atoms with van der Waals surface area (Å²) in [6, 6.07) is 13.2. The maximum absolute atomic E-state index is 13.3. The second-order valence-corrected chi connectivity index (χ2v) is 10.8. The predicted octanol–water partition coefficient (Wildman–Crippen LogP) is 5.30. The SMILES string of the molecule is O=C(NCCCc1cn[nH]c1)c1ccc(S(=O)(=O)Cc2cccc(C(F)(F)F)c2)c(C#Cc2ccc(F)cc2)c1. The number of H-pyrrole nitrogens is 1. The highest BCUT2D eigenvalue weighted by molar-refractivity contribution is 7.90. The highest BCUT2D eigenvalue weighted by Gasteiger charge is 2.31. The number of nitrogens with one attached hydrogen (secondary N) is 2. The highest BCUT2D eigenvalue weighted by atomic mass is 32.2. The number of halogens is 4. The predicted molar refractivity (Wildman–Crippen MR) is 140 cm³/mol. The third kappa shape index (κ3) is 7.57. The van der Waals surface area contributed by atoms with Gasteiger partial charge in [-0.05, 0) is 72.5 Å². The average molecular weight is 570 g/mol. The van der Waals surface area contributed by atoms with E-state index in [4.69, 9.17) is 0 Å². The van der Waals surface area contributed by atoms with Crippen LogP contribution in [-0.2, 0) is 28.2 Å². The number of nitrogens with zero attached hydrogens (tertiary/aromatic N) is 1. The highest BCUT2D eigenvalue weighted by Crippen LogP contribution is 2.30. The van der Waals surface area contributed by atoms with Gasteiger partial charge in [0.1, 0.15) is 5.82 Å². The van der Waals surface area contributed by atoms with Gasteiger partial charge in [0.2, 0.25) is 0 Å². The van der Waals surface area contributed by atoms with E-state index in [0.29, 0.717) is 24.9 Å². The third-order valence-corrected chi connectivity index (χ3v) is 7.60. The quantitative estimate of drug-likeness (QED) is 0.171. The molecular formula is C29H23F4N3O3S. The second-order valence-electron chi connectivity index (χ2n) is 8.89. The van der Waals surface area contributed by atoms with Crippen molar-refractivity contribution in [3.05, 3.63) is 118 Å². The Hall–Kier alpha value is -4.43. The normalized spacial score (nSPS) is 11.5. The third-order valence-electron chi connectivity index (χ3n) is 5.86. The molecule has 0 spiro atoms. The minimum absolute atomic E-state index is 0.0117. The van der Waals surface area contributed by atoms with E-state index in [1.54, 1.807) is 12.4 Å². The Morgan fingerprint density at radius 3 is 2.45 bits per heavy atom. The van der Waals surface area contributed by atoms with Gasteiger partial charge in [0.05, 0.1) is 22.4 Å². The number of carbonyl (C=O) groups excluding carboxylic acids is 1. The Bertz CT molecular complexity index is 1660. The fraction of sp³-hybridized carbons (Fsp3) is 0.172. The smallest absolute Gasteiger partial charge is 0.352 e. The number of carbonyl (C=O) groups is 1. The molecule has 0 fully saturated rings. The average Bonchev–Trinajstić information content (AvgIpc) is 3.43. The number of benzene rings is 3. The van der Waals surface area contributed by atoms with Gasteiger partial charge >= 0.3 is 6.18 Å². The van der Waals surface area contributed by atoms with Gasteiger partial charge in [-0.15, -0.1) is 0 Å². The zero-order valence-corrected chi connectivity index (χ0v) is 21.7. The van der Waals surface area contributed by atoms with Crippen LogP contribution in [0.25, 0.3) is 0 Å². The molecule has 0 aliphatic carbocycles. The van der Waals surface area contributed by atoms with Crippen molar-refractivity contribution in [3.8, 4) is 11.8 Å². The molecule has 2 N–H and O–H groups in total. The van der Waals surface area contributed by atoms with Gasteiger partial charge in [0.15, 0.2) is 9.84 Å². The number of hydrogen-bond acceptors (Lipinski definition) is 4. The summed E-state index contributed by atoms with van der Waals surface area (Å²) in [5.74, 6) is 3.87. The van der Waals surface area contributed by atoms with Crippen LogP contribution in [0, 0.1) is 17.7 Å². The number of hydrogen-bond donors (Lipinski definition) is 2. The molecule has 0 atom stereocenters. The maximum Gasteiger partial charge on any atom is 0.416 e. The van der Waals surface area contributed by atoms with Crippen LogP contribution >= 0.6 is 0 Å². The van der Waals surface area contributed by atoms with E-state index in [2.05, 4.69) is 27.4 Å². The van der Waals surface area contributed by atoms with Crippen molar-refractivity contribution < 1.29 is 30.8 Å².